The number of aryl methyl sites for hydroxylation is 2. The second kappa shape index (κ2) is 7.12. The van der Waals surface area contributed by atoms with Crippen LogP contribution in [0.4, 0.5) is 0 Å². The average Bonchev–Trinajstić information content (AvgIpc) is 2.49. The minimum atomic E-state index is 0.000533. The van der Waals surface area contributed by atoms with Gasteiger partial charge in [0.1, 0.15) is 17.2 Å². The predicted molar refractivity (Wildman–Crippen MR) is 90.0 cm³/mol. The highest BCUT2D eigenvalue weighted by Crippen LogP contribution is 2.40. The Balaban J connectivity index is 2.46. The lowest BCUT2D eigenvalue weighted by molar-refractivity contribution is 0.403. The van der Waals surface area contributed by atoms with Gasteiger partial charge in [0.25, 0.3) is 0 Å². The summed E-state index contributed by atoms with van der Waals surface area (Å²) in [7, 11) is 1.67. The van der Waals surface area contributed by atoms with Gasteiger partial charge in [-0.3, -0.25) is 0 Å². The van der Waals surface area contributed by atoms with Gasteiger partial charge in [-0.2, -0.15) is 0 Å². The number of methoxy groups -OCH3 is 1. The first kappa shape index (κ1) is 16.8. The van der Waals surface area contributed by atoms with Crippen LogP contribution in [0.3, 0.4) is 0 Å². The van der Waals surface area contributed by atoms with Gasteiger partial charge in [0.05, 0.1) is 17.2 Å². The lowest BCUT2D eigenvalue weighted by Crippen LogP contribution is -1.98. The predicted octanol–water partition coefficient (Wildman–Crippen LogP) is 5.62. The van der Waals surface area contributed by atoms with Gasteiger partial charge in [0, 0.05) is 12.1 Å². The Kier molecular flexibility index (Phi) is 5.43. The standard InChI is InChI=1S/C17H18Cl2O3/c1-4-10-6-13(7-11(5-2)16(10)21-3)22-17-14(18)8-12(20)9-15(17)19/h6-9,20H,4-5H2,1-3H3. The highest BCUT2D eigenvalue weighted by Gasteiger charge is 2.14. The SMILES string of the molecule is CCc1cc(Oc2c(Cl)cc(O)cc2Cl)cc(CC)c1OC. The molecule has 0 bridgehead atoms. The Morgan fingerprint density at radius 3 is 1.82 bits per heavy atom. The summed E-state index contributed by atoms with van der Waals surface area (Å²) in [6.45, 7) is 4.11. The molecular formula is C17H18Cl2O3. The summed E-state index contributed by atoms with van der Waals surface area (Å²) < 4.78 is 11.3. The maximum absolute atomic E-state index is 9.48. The minimum Gasteiger partial charge on any atom is -0.508 e. The third-order valence-electron chi connectivity index (χ3n) is 3.39. The average molecular weight is 341 g/mol. The molecule has 0 aliphatic carbocycles. The van der Waals surface area contributed by atoms with E-state index in [1.54, 1.807) is 7.11 Å². The zero-order valence-corrected chi connectivity index (χ0v) is 14.3. The fourth-order valence-electron chi connectivity index (χ4n) is 2.33. The van der Waals surface area contributed by atoms with Crippen molar-refractivity contribution in [3.05, 3.63) is 45.4 Å². The number of halogens is 2. The van der Waals surface area contributed by atoms with Crippen LogP contribution < -0.4 is 9.47 Å². The number of rotatable bonds is 5. The molecule has 0 amide bonds. The molecule has 0 saturated heterocycles. The van der Waals surface area contributed by atoms with E-state index in [9.17, 15) is 5.11 Å². The molecule has 2 aromatic rings. The third-order valence-corrected chi connectivity index (χ3v) is 3.95. The Labute approximate surface area is 140 Å². The number of hydrogen-bond donors (Lipinski definition) is 1. The van der Waals surface area contributed by atoms with Gasteiger partial charge < -0.3 is 14.6 Å². The van der Waals surface area contributed by atoms with Crippen LogP contribution in [0.1, 0.15) is 25.0 Å². The molecule has 22 heavy (non-hydrogen) atoms. The number of hydrogen-bond acceptors (Lipinski definition) is 3. The highest BCUT2D eigenvalue weighted by molar-refractivity contribution is 6.37. The topological polar surface area (TPSA) is 38.7 Å². The van der Waals surface area contributed by atoms with Crippen LogP contribution in [-0.2, 0) is 12.8 Å². The molecule has 0 fully saturated rings. The van der Waals surface area contributed by atoms with Gasteiger partial charge in [-0.15, -0.1) is 0 Å². The minimum absolute atomic E-state index is 0.000533. The Bertz CT molecular complexity index is 636. The molecular weight excluding hydrogens is 323 g/mol. The van der Waals surface area contributed by atoms with E-state index in [0.717, 1.165) is 29.7 Å². The van der Waals surface area contributed by atoms with E-state index in [0.29, 0.717) is 11.5 Å². The van der Waals surface area contributed by atoms with Gasteiger partial charge in [-0.25, -0.2) is 0 Å². The molecule has 118 valence electrons. The van der Waals surface area contributed by atoms with E-state index in [1.807, 2.05) is 12.1 Å². The number of ether oxygens (including phenoxy) is 2. The number of benzene rings is 2. The van der Waals surface area contributed by atoms with E-state index in [1.165, 1.54) is 12.1 Å². The van der Waals surface area contributed by atoms with Crippen molar-refractivity contribution >= 4 is 23.2 Å². The molecule has 0 aliphatic rings. The Morgan fingerprint density at radius 2 is 1.41 bits per heavy atom. The summed E-state index contributed by atoms with van der Waals surface area (Å²) in [5.41, 5.74) is 2.12. The largest absolute Gasteiger partial charge is 0.508 e. The molecule has 0 atom stereocenters. The first-order valence-electron chi connectivity index (χ1n) is 7.05. The molecule has 0 saturated carbocycles. The lowest BCUT2D eigenvalue weighted by atomic mass is 10.0. The molecule has 0 radical (unpaired) electrons. The normalized spacial score (nSPS) is 10.6. The Morgan fingerprint density at radius 1 is 0.909 bits per heavy atom. The van der Waals surface area contributed by atoms with Gasteiger partial charge in [0.15, 0.2) is 5.75 Å². The van der Waals surface area contributed by atoms with Crippen molar-refractivity contribution in [2.45, 2.75) is 26.7 Å². The summed E-state index contributed by atoms with van der Waals surface area (Å²) >= 11 is 12.2. The van der Waals surface area contributed by atoms with Crippen LogP contribution in [0, 0.1) is 0 Å². The molecule has 0 aliphatic heterocycles. The quantitative estimate of drug-likeness (QED) is 0.766. The van der Waals surface area contributed by atoms with Crippen molar-refractivity contribution in [2.24, 2.45) is 0 Å². The maximum Gasteiger partial charge on any atom is 0.164 e. The van der Waals surface area contributed by atoms with Crippen LogP contribution in [0.2, 0.25) is 10.0 Å². The second-order valence-corrected chi connectivity index (χ2v) is 5.64. The van der Waals surface area contributed by atoms with Crippen molar-refractivity contribution in [3.8, 4) is 23.0 Å². The molecule has 0 unspecified atom stereocenters. The van der Waals surface area contributed by atoms with Crippen molar-refractivity contribution < 1.29 is 14.6 Å². The van der Waals surface area contributed by atoms with Gasteiger partial charge in [-0.1, -0.05) is 37.0 Å². The molecule has 2 aromatic carbocycles. The summed E-state index contributed by atoms with van der Waals surface area (Å²) in [6, 6.07) is 6.62. The van der Waals surface area contributed by atoms with E-state index >= 15 is 0 Å². The molecule has 1 N–H and O–H groups in total. The number of aromatic hydroxyl groups is 1. The van der Waals surface area contributed by atoms with Crippen LogP contribution >= 0.6 is 23.2 Å². The third kappa shape index (κ3) is 3.42. The van der Waals surface area contributed by atoms with E-state index in [-0.39, 0.29) is 15.8 Å². The van der Waals surface area contributed by atoms with E-state index < -0.39 is 0 Å². The van der Waals surface area contributed by atoms with Crippen LogP contribution in [-0.4, -0.2) is 12.2 Å². The molecule has 0 heterocycles. The first-order chi connectivity index (χ1) is 10.5. The number of phenolic OH excluding ortho intramolecular Hbond substituents is 1. The second-order valence-electron chi connectivity index (χ2n) is 4.82. The molecule has 2 rings (SSSR count). The summed E-state index contributed by atoms with van der Waals surface area (Å²) in [5.74, 6) is 1.86. The van der Waals surface area contributed by atoms with Gasteiger partial charge in [-0.05, 0) is 36.1 Å². The van der Waals surface area contributed by atoms with Crippen LogP contribution in [0.25, 0.3) is 0 Å². The number of phenols is 1. The molecule has 3 nitrogen and oxygen atoms in total. The summed E-state index contributed by atoms with van der Waals surface area (Å²) in [4.78, 5) is 0. The van der Waals surface area contributed by atoms with Gasteiger partial charge >= 0.3 is 0 Å². The fraction of sp³-hybridized carbons (Fsp3) is 0.294. The van der Waals surface area contributed by atoms with Crippen molar-refractivity contribution in [1.82, 2.24) is 0 Å². The van der Waals surface area contributed by atoms with Crippen LogP contribution in [0.5, 0.6) is 23.0 Å². The van der Waals surface area contributed by atoms with Crippen molar-refractivity contribution in [1.29, 1.82) is 0 Å². The zero-order valence-electron chi connectivity index (χ0n) is 12.7. The van der Waals surface area contributed by atoms with E-state index in [4.69, 9.17) is 32.7 Å². The molecule has 0 aromatic heterocycles. The fourth-order valence-corrected chi connectivity index (χ4v) is 2.88. The molecule has 5 heteroatoms. The summed E-state index contributed by atoms with van der Waals surface area (Å²) in [5, 5.41) is 10.00. The monoisotopic (exact) mass is 340 g/mol. The summed E-state index contributed by atoms with van der Waals surface area (Å²) in [6.07, 6.45) is 1.65. The Hall–Kier alpha value is -1.58. The lowest BCUT2D eigenvalue weighted by Gasteiger charge is -2.16. The molecule has 0 spiro atoms. The smallest absolute Gasteiger partial charge is 0.164 e. The van der Waals surface area contributed by atoms with Gasteiger partial charge in [0.2, 0.25) is 0 Å². The van der Waals surface area contributed by atoms with E-state index in [2.05, 4.69) is 13.8 Å². The maximum atomic E-state index is 9.48. The van der Waals surface area contributed by atoms with Crippen molar-refractivity contribution in [3.63, 3.8) is 0 Å². The first-order valence-corrected chi connectivity index (χ1v) is 7.81. The van der Waals surface area contributed by atoms with Crippen LogP contribution in [0.15, 0.2) is 24.3 Å². The highest BCUT2D eigenvalue weighted by atomic mass is 35.5. The zero-order chi connectivity index (χ0) is 16.3. The van der Waals surface area contributed by atoms with Crippen molar-refractivity contribution in [2.75, 3.05) is 7.11 Å².